The lowest BCUT2D eigenvalue weighted by molar-refractivity contribution is 0.673. The Labute approximate surface area is 295 Å². The van der Waals surface area contributed by atoms with E-state index in [9.17, 15) is 0 Å². The van der Waals surface area contributed by atoms with E-state index in [1.54, 1.807) is 11.3 Å². The molecule has 0 atom stereocenters. The second-order valence-corrected chi connectivity index (χ2v) is 13.8. The second-order valence-electron chi connectivity index (χ2n) is 12.8. The fourth-order valence-electron chi connectivity index (χ4n) is 7.55. The molecule has 0 aliphatic carbocycles. The Hall–Kier alpha value is -6.63. The molecule has 0 spiro atoms. The van der Waals surface area contributed by atoms with Crippen LogP contribution < -0.4 is 0 Å². The average Bonchev–Trinajstić information content (AvgIpc) is 3.87. The number of hydrogen-bond acceptors (Lipinski definition) is 5. The van der Waals surface area contributed by atoms with Crippen LogP contribution in [0, 0.1) is 0 Å². The molecule has 0 bridgehead atoms. The molecule has 0 saturated heterocycles. The minimum atomic E-state index is 0.640. The second kappa shape index (κ2) is 10.9. The molecule has 0 N–H and O–H groups in total. The van der Waals surface area contributed by atoms with Crippen molar-refractivity contribution in [2.45, 2.75) is 0 Å². The Bertz CT molecular complexity index is 3080. The van der Waals surface area contributed by atoms with Gasteiger partial charge in [0.1, 0.15) is 11.2 Å². The summed E-state index contributed by atoms with van der Waals surface area (Å²) >= 11 is 1.78. The van der Waals surface area contributed by atoms with Crippen LogP contribution in [0.1, 0.15) is 0 Å². The summed E-state index contributed by atoms with van der Waals surface area (Å²) in [5, 5.41) is 6.87. The van der Waals surface area contributed by atoms with Crippen LogP contribution in [-0.2, 0) is 0 Å². The van der Waals surface area contributed by atoms with E-state index in [0.29, 0.717) is 17.5 Å². The molecule has 4 aromatic heterocycles. The zero-order valence-corrected chi connectivity index (χ0v) is 27.9. The van der Waals surface area contributed by atoms with Crippen LogP contribution in [0.4, 0.5) is 0 Å². The van der Waals surface area contributed by atoms with Crippen LogP contribution in [0.5, 0.6) is 0 Å². The molecule has 5 nitrogen and oxygen atoms in total. The molecule has 4 heterocycles. The summed E-state index contributed by atoms with van der Waals surface area (Å²) < 4.78 is 11.3. The van der Waals surface area contributed by atoms with Crippen molar-refractivity contribution >= 4 is 75.3 Å². The highest BCUT2D eigenvalue weighted by molar-refractivity contribution is 7.26. The van der Waals surface area contributed by atoms with Gasteiger partial charge in [0.2, 0.25) is 0 Å². The van der Waals surface area contributed by atoms with Crippen molar-refractivity contribution in [1.82, 2.24) is 19.5 Å². The van der Waals surface area contributed by atoms with E-state index < -0.39 is 0 Å². The van der Waals surface area contributed by atoms with Gasteiger partial charge in [-0.15, -0.1) is 11.3 Å². The number of para-hydroxylation sites is 2. The Balaban J connectivity index is 1.25. The number of aromatic nitrogens is 4. The smallest absolute Gasteiger partial charge is 0.165 e. The minimum absolute atomic E-state index is 0.640. The monoisotopic (exact) mass is 670 g/mol. The van der Waals surface area contributed by atoms with Gasteiger partial charge in [-0.3, -0.25) is 0 Å². The molecule has 0 aliphatic rings. The molecule has 6 heteroatoms. The highest BCUT2D eigenvalue weighted by Crippen LogP contribution is 2.44. The summed E-state index contributed by atoms with van der Waals surface area (Å²) in [5.74, 6) is 1.92. The molecular formula is C45H26N4OS. The normalized spacial score (nSPS) is 11.9. The lowest BCUT2D eigenvalue weighted by Crippen LogP contribution is -2.01. The highest BCUT2D eigenvalue weighted by Gasteiger charge is 2.22. The van der Waals surface area contributed by atoms with Crippen LogP contribution in [0.2, 0.25) is 0 Å². The minimum Gasteiger partial charge on any atom is -0.455 e. The van der Waals surface area contributed by atoms with E-state index in [2.05, 4.69) is 114 Å². The van der Waals surface area contributed by atoms with Gasteiger partial charge in [0.05, 0.1) is 16.4 Å². The maximum absolute atomic E-state index is 6.60. The van der Waals surface area contributed by atoms with E-state index >= 15 is 0 Å². The van der Waals surface area contributed by atoms with Gasteiger partial charge in [0.25, 0.3) is 0 Å². The van der Waals surface area contributed by atoms with Gasteiger partial charge in [0.15, 0.2) is 17.5 Å². The van der Waals surface area contributed by atoms with Gasteiger partial charge in [0, 0.05) is 58.7 Å². The quantitative estimate of drug-likeness (QED) is 0.187. The lowest BCUT2D eigenvalue weighted by Gasteiger charge is -2.13. The Morgan fingerprint density at radius 1 is 0.471 bits per heavy atom. The molecule has 0 amide bonds. The maximum Gasteiger partial charge on any atom is 0.165 e. The molecule has 0 aliphatic heterocycles. The number of benzene rings is 7. The van der Waals surface area contributed by atoms with Gasteiger partial charge < -0.3 is 8.98 Å². The zero-order valence-electron chi connectivity index (χ0n) is 27.1. The number of fused-ring (bicyclic) bond motifs is 10. The van der Waals surface area contributed by atoms with Gasteiger partial charge in [-0.2, -0.15) is 0 Å². The fraction of sp³-hybridized carbons (Fsp3) is 0. The van der Waals surface area contributed by atoms with E-state index in [1.807, 2.05) is 48.5 Å². The van der Waals surface area contributed by atoms with Gasteiger partial charge in [-0.1, -0.05) is 115 Å². The number of hydrogen-bond donors (Lipinski definition) is 0. The molecule has 11 rings (SSSR count). The van der Waals surface area contributed by atoms with Crippen molar-refractivity contribution in [2.24, 2.45) is 0 Å². The van der Waals surface area contributed by atoms with Gasteiger partial charge >= 0.3 is 0 Å². The standard InChI is InChI=1S/C45H26N4OS/c1-3-13-27(14-4-1)43-46-44(28-15-5-2-6-16-28)48-45(47-43)35-26-29(25-34-31-18-9-12-22-39(31)51-42(34)35)49-36-20-10-7-19-33(36)40-37(49)24-23-32-30-17-8-11-21-38(30)50-41(32)40/h1-26H. The van der Waals surface area contributed by atoms with Crippen molar-refractivity contribution in [3.05, 3.63) is 158 Å². The van der Waals surface area contributed by atoms with Crippen molar-refractivity contribution in [2.75, 3.05) is 0 Å². The Morgan fingerprint density at radius 2 is 1.10 bits per heavy atom. The third kappa shape index (κ3) is 4.30. The third-order valence-electron chi connectivity index (χ3n) is 9.84. The van der Waals surface area contributed by atoms with Crippen molar-refractivity contribution < 1.29 is 4.42 Å². The molecule has 11 aromatic rings. The molecule has 51 heavy (non-hydrogen) atoms. The van der Waals surface area contributed by atoms with Crippen LogP contribution in [0.3, 0.4) is 0 Å². The average molecular weight is 671 g/mol. The van der Waals surface area contributed by atoms with E-state index in [-0.39, 0.29) is 0 Å². The summed E-state index contributed by atoms with van der Waals surface area (Å²) in [6, 6.07) is 54.8. The summed E-state index contributed by atoms with van der Waals surface area (Å²) in [7, 11) is 0. The summed E-state index contributed by atoms with van der Waals surface area (Å²) in [6.07, 6.45) is 0. The van der Waals surface area contributed by atoms with Crippen LogP contribution in [0.25, 0.3) is 104 Å². The van der Waals surface area contributed by atoms with Crippen molar-refractivity contribution in [1.29, 1.82) is 0 Å². The van der Waals surface area contributed by atoms with Crippen LogP contribution in [0.15, 0.2) is 162 Å². The Morgan fingerprint density at radius 3 is 1.86 bits per heavy atom. The summed E-state index contributed by atoms with van der Waals surface area (Å²) in [4.78, 5) is 15.4. The van der Waals surface area contributed by atoms with Gasteiger partial charge in [-0.25, -0.2) is 15.0 Å². The third-order valence-corrected chi connectivity index (χ3v) is 11.1. The highest BCUT2D eigenvalue weighted by atomic mass is 32.1. The number of thiophene rings is 1. The SMILES string of the molecule is c1ccc(-c2nc(-c3ccccc3)nc(-c3cc(-n4c5ccccc5c5c6oc7ccccc7c6ccc54)cc4c3sc3ccccc34)n2)cc1. The molecule has 0 radical (unpaired) electrons. The number of furan rings is 1. The lowest BCUT2D eigenvalue weighted by atomic mass is 10.1. The predicted molar refractivity (Wildman–Crippen MR) is 211 cm³/mol. The maximum atomic E-state index is 6.60. The first kappa shape index (κ1) is 28.2. The Kier molecular flexibility index (Phi) is 6.05. The first-order valence-electron chi connectivity index (χ1n) is 16.9. The number of nitrogens with zero attached hydrogens (tertiary/aromatic N) is 4. The van der Waals surface area contributed by atoms with Crippen molar-refractivity contribution in [3.63, 3.8) is 0 Å². The molecule has 238 valence electrons. The zero-order chi connectivity index (χ0) is 33.5. The van der Waals surface area contributed by atoms with Crippen LogP contribution in [-0.4, -0.2) is 19.5 Å². The van der Waals surface area contributed by atoms with Gasteiger partial charge in [-0.05, 0) is 42.5 Å². The van der Waals surface area contributed by atoms with E-state index in [0.717, 1.165) is 70.8 Å². The molecule has 7 aromatic carbocycles. The molecule has 0 fully saturated rings. The molecule has 0 unspecified atom stereocenters. The topological polar surface area (TPSA) is 56.7 Å². The summed E-state index contributed by atoms with van der Waals surface area (Å²) in [6.45, 7) is 0. The fourth-order valence-corrected chi connectivity index (χ4v) is 8.74. The first-order chi connectivity index (χ1) is 25.3. The first-order valence-corrected chi connectivity index (χ1v) is 17.8. The summed E-state index contributed by atoms with van der Waals surface area (Å²) in [5.41, 5.74) is 7.88. The molecule has 0 saturated carbocycles. The van der Waals surface area contributed by atoms with E-state index in [4.69, 9.17) is 19.4 Å². The molecular weight excluding hydrogens is 645 g/mol. The van der Waals surface area contributed by atoms with E-state index in [1.165, 1.54) is 15.5 Å². The predicted octanol–water partition coefficient (Wildman–Crippen LogP) is 12.2. The largest absolute Gasteiger partial charge is 0.455 e. The van der Waals surface area contributed by atoms with Crippen molar-refractivity contribution in [3.8, 4) is 39.9 Å². The number of rotatable bonds is 4. The van der Waals surface area contributed by atoms with Crippen LogP contribution >= 0.6 is 11.3 Å².